The predicted molar refractivity (Wildman–Crippen MR) is 105 cm³/mol. The molecule has 2 aromatic rings. The standard InChI is InChI=1S/C19H22ClNO3S2/c1-12-10-19(18-14(6-7-24-19)9-17(20)25-18)11-16(21-12)13-4-3-5-15(8-13)26(2,22)23/h3-5,8-9,12,16,21H,6-7,10-11H2,1-2H3/t12-,16-,19-/m0/s1. The van der Waals surface area contributed by atoms with Gasteiger partial charge in [0.25, 0.3) is 0 Å². The molecule has 1 aromatic carbocycles. The molecule has 0 saturated carbocycles. The average Bonchev–Trinajstić information content (AvgIpc) is 2.96. The van der Waals surface area contributed by atoms with E-state index in [1.165, 1.54) is 16.7 Å². The van der Waals surface area contributed by atoms with E-state index >= 15 is 0 Å². The molecular weight excluding hydrogens is 390 g/mol. The number of hydrogen-bond acceptors (Lipinski definition) is 5. The number of fused-ring (bicyclic) bond motifs is 2. The van der Waals surface area contributed by atoms with Gasteiger partial charge in [-0.15, -0.1) is 11.3 Å². The van der Waals surface area contributed by atoms with Crippen LogP contribution < -0.4 is 5.32 Å². The van der Waals surface area contributed by atoms with Crippen LogP contribution in [0.3, 0.4) is 0 Å². The van der Waals surface area contributed by atoms with Crippen LogP contribution in [0, 0.1) is 0 Å². The van der Waals surface area contributed by atoms with E-state index in [1.54, 1.807) is 23.5 Å². The molecule has 0 radical (unpaired) electrons. The Balaban J connectivity index is 1.73. The smallest absolute Gasteiger partial charge is 0.175 e. The van der Waals surface area contributed by atoms with Crippen molar-refractivity contribution >= 4 is 32.8 Å². The molecule has 26 heavy (non-hydrogen) atoms. The van der Waals surface area contributed by atoms with Crippen molar-refractivity contribution in [2.24, 2.45) is 0 Å². The molecule has 4 nitrogen and oxygen atoms in total. The molecule has 1 spiro atoms. The molecule has 7 heteroatoms. The van der Waals surface area contributed by atoms with Gasteiger partial charge in [-0.05, 0) is 49.1 Å². The second-order valence-corrected chi connectivity index (χ2v) is 11.1. The van der Waals surface area contributed by atoms with Gasteiger partial charge in [0.15, 0.2) is 9.84 Å². The third-order valence-electron chi connectivity index (χ3n) is 5.29. The van der Waals surface area contributed by atoms with E-state index in [4.69, 9.17) is 16.3 Å². The van der Waals surface area contributed by atoms with Gasteiger partial charge in [0.2, 0.25) is 0 Å². The Morgan fingerprint density at radius 2 is 2.12 bits per heavy atom. The van der Waals surface area contributed by atoms with Crippen LogP contribution in [0.1, 0.15) is 41.8 Å². The molecule has 1 aromatic heterocycles. The van der Waals surface area contributed by atoms with E-state index in [2.05, 4.69) is 18.3 Å². The number of thiophene rings is 1. The fraction of sp³-hybridized carbons (Fsp3) is 0.474. The fourth-order valence-corrected chi connectivity index (χ4v) is 6.38. The lowest BCUT2D eigenvalue weighted by Crippen LogP contribution is -2.49. The van der Waals surface area contributed by atoms with Gasteiger partial charge in [0.05, 0.1) is 15.8 Å². The Hall–Kier alpha value is -0.920. The summed E-state index contributed by atoms with van der Waals surface area (Å²) in [5.74, 6) is 0. The van der Waals surface area contributed by atoms with Crippen LogP contribution in [0.15, 0.2) is 35.2 Å². The molecule has 1 N–H and O–H groups in total. The molecule has 2 aliphatic heterocycles. The minimum Gasteiger partial charge on any atom is -0.369 e. The van der Waals surface area contributed by atoms with Crippen LogP contribution in [0.2, 0.25) is 4.34 Å². The summed E-state index contributed by atoms with van der Waals surface area (Å²) in [6, 6.07) is 9.59. The molecule has 0 unspecified atom stereocenters. The molecular formula is C19H22ClNO3S2. The third kappa shape index (κ3) is 3.34. The number of ether oxygens (including phenoxy) is 1. The Kier molecular flexibility index (Phi) is 4.68. The van der Waals surface area contributed by atoms with Crippen molar-refractivity contribution in [3.63, 3.8) is 0 Å². The first-order valence-electron chi connectivity index (χ1n) is 8.75. The maximum absolute atomic E-state index is 11.9. The lowest BCUT2D eigenvalue weighted by molar-refractivity contribution is -0.0954. The second kappa shape index (κ2) is 6.60. The van der Waals surface area contributed by atoms with Gasteiger partial charge < -0.3 is 10.1 Å². The minimum atomic E-state index is -3.23. The normalized spacial score (nSPS) is 28.9. The van der Waals surface area contributed by atoms with E-state index in [1.807, 2.05) is 12.1 Å². The SMILES string of the molecule is C[C@H]1C[C@@]2(C[C@@H](c3cccc(S(C)(=O)=O)c3)N1)OCCc1cc(Cl)sc12. The van der Waals surface area contributed by atoms with Crippen molar-refractivity contribution in [3.05, 3.63) is 50.7 Å². The van der Waals surface area contributed by atoms with Gasteiger partial charge in [-0.25, -0.2) is 8.42 Å². The number of halogens is 1. The van der Waals surface area contributed by atoms with Crippen LogP contribution in [-0.4, -0.2) is 27.3 Å². The molecule has 4 rings (SSSR count). The van der Waals surface area contributed by atoms with Gasteiger partial charge in [-0.3, -0.25) is 0 Å². The Morgan fingerprint density at radius 3 is 2.88 bits per heavy atom. The zero-order chi connectivity index (χ0) is 18.5. The summed E-state index contributed by atoms with van der Waals surface area (Å²) < 4.78 is 31.0. The maximum atomic E-state index is 11.9. The second-order valence-electron chi connectivity index (χ2n) is 7.37. The zero-order valence-corrected chi connectivity index (χ0v) is 17.2. The van der Waals surface area contributed by atoms with E-state index in [0.717, 1.165) is 29.2 Å². The van der Waals surface area contributed by atoms with Crippen LogP contribution >= 0.6 is 22.9 Å². The van der Waals surface area contributed by atoms with Gasteiger partial charge in [-0.1, -0.05) is 23.7 Å². The summed E-state index contributed by atoms with van der Waals surface area (Å²) in [7, 11) is -3.23. The van der Waals surface area contributed by atoms with E-state index in [9.17, 15) is 8.42 Å². The van der Waals surface area contributed by atoms with Crippen molar-refractivity contribution in [1.82, 2.24) is 5.32 Å². The third-order valence-corrected chi connectivity index (χ3v) is 7.89. The summed E-state index contributed by atoms with van der Waals surface area (Å²) in [4.78, 5) is 1.60. The molecule has 2 aliphatic rings. The van der Waals surface area contributed by atoms with Crippen molar-refractivity contribution < 1.29 is 13.2 Å². The topological polar surface area (TPSA) is 55.4 Å². The number of rotatable bonds is 2. The van der Waals surface area contributed by atoms with Crippen molar-refractivity contribution in [2.75, 3.05) is 12.9 Å². The van der Waals surface area contributed by atoms with E-state index in [0.29, 0.717) is 11.5 Å². The first kappa shape index (κ1) is 18.4. The van der Waals surface area contributed by atoms with Crippen molar-refractivity contribution in [2.45, 2.75) is 48.8 Å². The van der Waals surface area contributed by atoms with Gasteiger partial charge >= 0.3 is 0 Å². The highest BCUT2D eigenvalue weighted by Gasteiger charge is 2.46. The average molecular weight is 412 g/mol. The molecule has 140 valence electrons. The number of sulfone groups is 1. The maximum Gasteiger partial charge on any atom is 0.175 e. The largest absolute Gasteiger partial charge is 0.369 e. The highest BCUT2D eigenvalue weighted by Crippen LogP contribution is 2.50. The number of hydrogen-bond donors (Lipinski definition) is 1. The highest BCUT2D eigenvalue weighted by molar-refractivity contribution is 7.90. The van der Waals surface area contributed by atoms with Crippen LogP contribution in [0.25, 0.3) is 0 Å². The highest BCUT2D eigenvalue weighted by atomic mass is 35.5. The number of benzene rings is 1. The number of nitrogens with one attached hydrogen (secondary N) is 1. The number of piperidine rings is 1. The molecule has 0 bridgehead atoms. The monoisotopic (exact) mass is 411 g/mol. The predicted octanol–water partition coefficient (Wildman–Crippen LogP) is 4.09. The summed E-state index contributed by atoms with van der Waals surface area (Å²) in [5.41, 5.74) is 1.93. The Labute approximate surface area is 163 Å². The van der Waals surface area contributed by atoms with Gasteiger partial charge in [0.1, 0.15) is 5.60 Å². The zero-order valence-electron chi connectivity index (χ0n) is 14.8. The van der Waals surface area contributed by atoms with Crippen molar-refractivity contribution in [3.8, 4) is 0 Å². The molecule has 3 atom stereocenters. The Bertz CT molecular complexity index is 940. The summed E-state index contributed by atoms with van der Waals surface area (Å²) in [6.07, 6.45) is 3.80. The molecule has 0 aliphatic carbocycles. The lowest BCUT2D eigenvalue weighted by Gasteiger charge is -2.46. The van der Waals surface area contributed by atoms with Gasteiger partial charge in [0, 0.05) is 29.6 Å². The lowest BCUT2D eigenvalue weighted by atomic mass is 9.78. The summed E-state index contributed by atoms with van der Waals surface area (Å²) >= 11 is 7.91. The molecule has 1 fully saturated rings. The fourth-order valence-electron chi connectivity index (χ4n) is 4.24. The molecule has 3 heterocycles. The van der Waals surface area contributed by atoms with Gasteiger partial charge in [-0.2, -0.15) is 0 Å². The van der Waals surface area contributed by atoms with Crippen LogP contribution in [-0.2, 0) is 26.6 Å². The van der Waals surface area contributed by atoms with Crippen LogP contribution in [0.4, 0.5) is 0 Å². The quantitative estimate of drug-likeness (QED) is 0.808. The van der Waals surface area contributed by atoms with Crippen molar-refractivity contribution in [1.29, 1.82) is 0 Å². The summed E-state index contributed by atoms with van der Waals surface area (Å²) in [6.45, 7) is 2.85. The van der Waals surface area contributed by atoms with E-state index in [-0.39, 0.29) is 17.7 Å². The van der Waals surface area contributed by atoms with Crippen LogP contribution in [0.5, 0.6) is 0 Å². The Morgan fingerprint density at radius 1 is 1.31 bits per heavy atom. The molecule has 0 amide bonds. The van der Waals surface area contributed by atoms with E-state index < -0.39 is 9.84 Å². The first-order chi connectivity index (χ1) is 12.3. The summed E-state index contributed by atoms with van der Waals surface area (Å²) in [5, 5.41) is 3.62. The first-order valence-corrected chi connectivity index (χ1v) is 11.8. The minimum absolute atomic E-state index is 0.0345. The molecule has 1 saturated heterocycles.